The molecule has 1 aliphatic carbocycles. The van der Waals surface area contributed by atoms with Crippen LogP contribution in [0.1, 0.15) is 54.8 Å². The van der Waals surface area contributed by atoms with Crippen molar-refractivity contribution >= 4 is 5.97 Å². The standard InChI is InChI=1S/C15H21NO2/c16-14(6-1-2-7-15(17)18)13-9-8-11-4-3-5-12(11)10-13/h8-10,14H,1-7,16H2,(H,17,18). The number of carboxylic acids is 1. The predicted molar refractivity (Wildman–Crippen MR) is 71.5 cm³/mol. The maximum atomic E-state index is 10.4. The largest absolute Gasteiger partial charge is 0.481 e. The van der Waals surface area contributed by atoms with Crippen LogP contribution in [0.25, 0.3) is 0 Å². The number of aryl methyl sites for hydroxylation is 2. The van der Waals surface area contributed by atoms with Crippen LogP contribution in [0.4, 0.5) is 0 Å². The van der Waals surface area contributed by atoms with Gasteiger partial charge in [-0.15, -0.1) is 0 Å². The molecule has 0 heterocycles. The normalized spacial score (nSPS) is 15.4. The highest BCUT2D eigenvalue weighted by molar-refractivity contribution is 5.66. The highest BCUT2D eigenvalue weighted by atomic mass is 16.4. The molecule has 1 aliphatic rings. The van der Waals surface area contributed by atoms with Crippen molar-refractivity contribution in [3.8, 4) is 0 Å². The van der Waals surface area contributed by atoms with Crippen LogP contribution in [0.15, 0.2) is 18.2 Å². The van der Waals surface area contributed by atoms with Crippen molar-refractivity contribution in [3.63, 3.8) is 0 Å². The van der Waals surface area contributed by atoms with Crippen molar-refractivity contribution in [1.82, 2.24) is 0 Å². The molecule has 0 bridgehead atoms. The summed E-state index contributed by atoms with van der Waals surface area (Å²) in [7, 11) is 0. The number of hydrogen-bond acceptors (Lipinski definition) is 2. The fourth-order valence-corrected chi connectivity index (χ4v) is 2.63. The molecule has 98 valence electrons. The molecule has 1 aromatic rings. The molecule has 1 atom stereocenters. The molecule has 0 saturated heterocycles. The first-order valence-electron chi connectivity index (χ1n) is 6.76. The van der Waals surface area contributed by atoms with E-state index in [1.54, 1.807) is 0 Å². The van der Waals surface area contributed by atoms with Crippen molar-refractivity contribution in [1.29, 1.82) is 0 Å². The molecule has 1 aromatic carbocycles. The Labute approximate surface area is 108 Å². The fourth-order valence-electron chi connectivity index (χ4n) is 2.63. The average molecular weight is 247 g/mol. The van der Waals surface area contributed by atoms with Gasteiger partial charge in [0.15, 0.2) is 0 Å². The van der Waals surface area contributed by atoms with Gasteiger partial charge in [0.25, 0.3) is 0 Å². The first-order chi connectivity index (χ1) is 8.66. The SMILES string of the molecule is NC(CCCCC(=O)O)c1ccc2c(c1)CCC2. The van der Waals surface area contributed by atoms with Crippen LogP contribution < -0.4 is 5.73 Å². The molecule has 0 fully saturated rings. The van der Waals surface area contributed by atoms with Crippen LogP contribution in [0.2, 0.25) is 0 Å². The van der Waals surface area contributed by atoms with E-state index in [0.29, 0.717) is 6.42 Å². The molecule has 2 rings (SSSR count). The van der Waals surface area contributed by atoms with Gasteiger partial charge in [0.1, 0.15) is 0 Å². The van der Waals surface area contributed by atoms with E-state index in [9.17, 15) is 4.79 Å². The molecular weight excluding hydrogens is 226 g/mol. The average Bonchev–Trinajstić information content (AvgIpc) is 2.81. The number of benzene rings is 1. The summed E-state index contributed by atoms with van der Waals surface area (Å²) in [5.74, 6) is -0.721. The second-order valence-corrected chi connectivity index (χ2v) is 5.13. The van der Waals surface area contributed by atoms with Gasteiger partial charge in [-0.05, 0) is 48.8 Å². The molecule has 3 heteroatoms. The van der Waals surface area contributed by atoms with Gasteiger partial charge in [-0.2, -0.15) is 0 Å². The number of aliphatic carboxylic acids is 1. The Morgan fingerprint density at radius 1 is 1.28 bits per heavy atom. The van der Waals surface area contributed by atoms with Crippen molar-refractivity contribution in [2.24, 2.45) is 5.73 Å². The minimum absolute atomic E-state index is 0.0460. The maximum absolute atomic E-state index is 10.4. The summed E-state index contributed by atoms with van der Waals surface area (Å²) in [6.45, 7) is 0. The topological polar surface area (TPSA) is 63.3 Å². The van der Waals surface area contributed by atoms with E-state index in [-0.39, 0.29) is 12.5 Å². The van der Waals surface area contributed by atoms with Crippen LogP contribution >= 0.6 is 0 Å². The van der Waals surface area contributed by atoms with Gasteiger partial charge < -0.3 is 10.8 Å². The van der Waals surface area contributed by atoms with E-state index < -0.39 is 5.97 Å². The number of unbranched alkanes of at least 4 members (excludes halogenated alkanes) is 1. The summed E-state index contributed by atoms with van der Waals surface area (Å²) < 4.78 is 0. The lowest BCUT2D eigenvalue weighted by Crippen LogP contribution is -2.10. The van der Waals surface area contributed by atoms with Gasteiger partial charge in [0.05, 0.1) is 0 Å². The number of carbonyl (C=O) groups is 1. The smallest absolute Gasteiger partial charge is 0.303 e. The zero-order chi connectivity index (χ0) is 13.0. The second kappa shape index (κ2) is 6.01. The van der Waals surface area contributed by atoms with Crippen LogP contribution in [-0.4, -0.2) is 11.1 Å². The third-order valence-electron chi connectivity index (χ3n) is 3.71. The van der Waals surface area contributed by atoms with Gasteiger partial charge in [0, 0.05) is 12.5 Å². The van der Waals surface area contributed by atoms with Crippen molar-refractivity contribution in [2.75, 3.05) is 0 Å². The number of fused-ring (bicyclic) bond motifs is 1. The Balaban J connectivity index is 1.85. The number of carboxylic acid groups (broad SMARTS) is 1. The third-order valence-corrected chi connectivity index (χ3v) is 3.71. The summed E-state index contributed by atoms with van der Waals surface area (Å²) in [4.78, 5) is 10.4. The van der Waals surface area contributed by atoms with Gasteiger partial charge in [-0.25, -0.2) is 0 Å². The Kier molecular flexibility index (Phi) is 4.37. The molecule has 0 amide bonds. The number of nitrogens with two attached hydrogens (primary N) is 1. The zero-order valence-electron chi connectivity index (χ0n) is 10.7. The highest BCUT2D eigenvalue weighted by Crippen LogP contribution is 2.26. The van der Waals surface area contributed by atoms with Crippen LogP contribution in [0.5, 0.6) is 0 Å². The molecule has 0 spiro atoms. The minimum atomic E-state index is -0.721. The lowest BCUT2D eigenvalue weighted by molar-refractivity contribution is -0.137. The van der Waals surface area contributed by atoms with Gasteiger partial charge >= 0.3 is 5.97 Å². The monoisotopic (exact) mass is 247 g/mol. The molecular formula is C15H21NO2. The second-order valence-electron chi connectivity index (χ2n) is 5.13. The van der Waals surface area contributed by atoms with Crippen LogP contribution in [0, 0.1) is 0 Å². The lowest BCUT2D eigenvalue weighted by Gasteiger charge is -2.13. The first-order valence-corrected chi connectivity index (χ1v) is 6.76. The van der Waals surface area contributed by atoms with E-state index >= 15 is 0 Å². The minimum Gasteiger partial charge on any atom is -0.481 e. The van der Waals surface area contributed by atoms with Crippen molar-refractivity contribution in [2.45, 2.75) is 51.0 Å². The number of hydrogen-bond donors (Lipinski definition) is 2. The molecule has 0 aromatic heterocycles. The first kappa shape index (κ1) is 13.1. The van der Waals surface area contributed by atoms with E-state index in [1.807, 2.05) is 0 Å². The van der Waals surface area contributed by atoms with Gasteiger partial charge in [-0.3, -0.25) is 4.79 Å². The molecule has 3 nitrogen and oxygen atoms in total. The van der Waals surface area contributed by atoms with E-state index in [1.165, 1.54) is 36.0 Å². The molecule has 18 heavy (non-hydrogen) atoms. The van der Waals surface area contributed by atoms with Gasteiger partial charge in [-0.1, -0.05) is 24.6 Å². The van der Waals surface area contributed by atoms with Crippen molar-refractivity contribution in [3.05, 3.63) is 34.9 Å². The summed E-state index contributed by atoms with van der Waals surface area (Å²) >= 11 is 0. The van der Waals surface area contributed by atoms with E-state index in [0.717, 1.165) is 12.8 Å². The molecule has 1 unspecified atom stereocenters. The summed E-state index contributed by atoms with van der Waals surface area (Å²) in [6.07, 6.45) is 6.34. The fraction of sp³-hybridized carbons (Fsp3) is 0.533. The summed E-state index contributed by atoms with van der Waals surface area (Å²) in [5.41, 5.74) is 10.3. The zero-order valence-corrected chi connectivity index (χ0v) is 10.7. The summed E-state index contributed by atoms with van der Waals surface area (Å²) in [6, 6.07) is 6.62. The highest BCUT2D eigenvalue weighted by Gasteiger charge is 2.13. The Hall–Kier alpha value is -1.35. The van der Waals surface area contributed by atoms with Crippen molar-refractivity contribution < 1.29 is 9.90 Å². The predicted octanol–water partition coefficient (Wildman–Crippen LogP) is 2.82. The molecule has 0 saturated carbocycles. The Morgan fingerprint density at radius 3 is 2.83 bits per heavy atom. The summed E-state index contributed by atoms with van der Waals surface area (Å²) in [5, 5.41) is 8.57. The van der Waals surface area contributed by atoms with Crippen LogP contribution in [-0.2, 0) is 17.6 Å². The lowest BCUT2D eigenvalue weighted by atomic mass is 9.98. The van der Waals surface area contributed by atoms with Gasteiger partial charge in [0.2, 0.25) is 0 Å². The maximum Gasteiger partial charge on any atom is 0.303 e. The van der Waals surface area contributed by atoms with E-state index in [2.05, 4.69) is 18.2 Å². The quantitative estimate of drug-likeness (QED) is 0.760. The third kappa shape index (κ3) is 3.33. The molecule has 3 N–H and O–H groups in total. The van der Waals surface area contributed by atoms with E-state index in [4.69, 9.17) is 10.8 Å². The molecule has 0 radical (unpaired) electrons. The Bertz CT molecular complexity index is 429. The molecule has 0 aliphatic heterocycles. The van der Waals surface area contributed by atoms with Crippen LogP contribution in [0.3, 0.4) is 0 Å². The Morgan fingerprint density at radius 2 is 2.06 bits per heavy atom. The number of rotatable bonds is 6.